The van der Waals surface area contributed by atoms with Gasteiger partial charge in [0, 0.05) is 0 Å². The summed E-state index contributed by atoms with van der Waals surface area (Å²) in [5, 5.41) is 15.7. The zero-order valence-electron chi connectivity index (χ0n) is 11.2. The van der Waals surface area contributed by atoms with E-state index in [4.69, 9.17) is 0 Å². The second-order valence-electron chi connectivity index (χ2n) is 6.36. The average molecular weight is 266 g/mol. The molecule has 4 rings (SSSR count). The van der Waals surface area contributed by atoms with Crippen molar-refractivity contribution in [2.75, 3.05) is 6.54 Å². The van der Waals surface area contributed by atoms with Gasteiger partial charge in [-0.1, -0.05) is 0 Å². The van der Waals surface area contributed by atoms with Gasteiger partial charge in [-0.3, -0.25) is 9.59 Å². The smallest absolute Gasteiger partial charge is 0.308 e. The molecule has 2 atom stereocenters. The quantitative estimate of drug-likeness (QED) is 0.709. The molecule has 106 valence electrons. The molecule has 0 aromatic heterocycles. The van der Waals surface area contributed by atoms with E-state index in [1.807, 2.05) is 0 Å². The molecule has 2 bridgehead atoms. The van der Waals surface area contributed by atoms with Gasteiger partial charge < -0.3 is 15.7 Å². The van der Waals surface area contributed by atoms with Gasteiger partial charge in [0.05, 0.1) is 17.5 Å². The number of carboxylic acid groups (broad SMARTS) is 1. The fourth-order valence-corrected chi connectivity index (χ4v) is 4.13. The molecule has 1 heterocycles. The van der Waals surface area contributed by atoms with Crippen LogP contribution in [0.25, 0.3) is 0 Å². The van der Waals surface area contributed by atoms with Crippen molar-refractivity contribution in [3.8, 4) is 0 Å². The lowest BCUT2D eigenvalue weighted by molar-refractivity contribution is -0.151. The molecular weight excluding hydrogens is 244 g/mol. The highest BCUT2D eigenvalue weighted by atomic mass is 16.4. The Morgan fingerprint density at radius 2 is 1.95 bits per heavy atom. The number of aliphatic carboxylic acids is 1. The molecule has 0 aromatic carbocycles. The molecule has 5 nitrogen and oxygen atoms in total. The van der Waals surface area contributed by atoms with Crippen LogP contribution in [-0.4, -0.2) is 35.1 Å². The summed E-state index contributed by atoms with van der Waals surface area (Å²) >= 11 is 0. The molecule has 3 N–H and O–H groups in total. The Kier molecular flexibility index (Phi) is 3.25. The monoisotopic (exact) mass is 266 g/mol. The van der Waals surface area contributed by atoms with Gasteiger partial charge in [0.1, 0.15) is 0 Å². The number of carbonyl (C=O) groups is 2. The highest BCUT2D eigenvalue weighted by Crippen LogP contribution is 2.48. The summed E-state index contributed by atoms with van der Waals surface area (Å²) in [5.41, 5.74) is -0.484. The number of nitrogens with one attached hydrogen (secondary N) is 2. The normalized spacial score (nSPS) is 41.2. The summed E-state index contributed by atoms with van der Waals surface area (Å²) in [5.74, 6) is -0.594. The Labute approximate surface area is 113 Å². The van der Waals surface area contributed by atoms with E-state index >= 15 is 0 Å². The van der Waals surface area contributed by atoms with Crippen LogP contribution in [0, 0.1) is 11.8 Å². The van der Waals surface area contributed by atoms with Crippen LogP contribution in [-0.2, 0) is 9.59 Å². The molecule has 4 aliphatic rings. The SMILES string of the molecule is O=C(NC12CCC(CC1)C[C@@H]2C(=O)O)[C@@H]1CCCN1. The van der Waals surface area contributed by atoms with E-state index in [1.165, 1.54) is 0 Å². The molecule has 3 saturated carbocycles. The second-order valence-corrected chi connectivity index (χ2v) is 6.36. The summed E-state index contributed by atoms with van der Waals surface area (Å²) in [6.07, 6.45) is 6.38. The molecule has 0 aromatic rings. The maximum Gasteiger partial charge on any atom is 0.308 e. The zero-order chi connectivity index (χ0) is 13.5. The highest BCUT2D eigenvalue weighted by molar-refractivity contribution is 5.84. The first kappa shape index (κ1) is 12.9. The minimum absolute atomic E-state index is 0.00380. The number of carbonyl (C=O) groups excluding carboxylic acids is 1. The van der Waals surface area contributed by atoms with Gasteiger partial charge in [0.25, 0.3) is 0 Å². The Balaban J connectivity index is 1.75. The largest absolute Gasteiger partial charge is 0.481 e. The molecule has 0 unspecified atom stereocenters. The van der Waals surface area contributed by atoms with Crippen molar-refractivity contribution in [2.24, 2.45) is 11.8 Å². The van der Waals surface area contributed by atoms with E-state index in [-0.39, 0.29) is 11.9 Å². The van der Waals surface area contributed by atoms with E-state index in [2.05, 4.69) is 10.6 Å². The first-order chi connectivity index (χ1) is 9.11. The fraction of sp³-hybridized carbons (Fsp3) is 0.857. The first-order valence-electron chi connectivity index (χ1n) is 7.39. The van der Waals surface area contributed by atoms with Crippen molar-refractivity contribution in [2.45, 2.75) is 56.5 Å². The average Bonchev–Trinajstić information content (AvgIpc) is 2.93. The molecule has 1 saturated heterocycles. The van der Waals surface area contributed by atoms with E-state index in [0.717, 1.165) is 51.5 Å². The molecule has 19 heavy (non-hydrogen) atoms. The van der Waals surface area contributed by atoms with Crippen molar-refractivity contribution >= 4 is 11.9 Å². The van der Waals surface area contributed by atoms with E-state index in [9.17, 15) is 14.7 Å². The molecule has 3 aliphatic carbocycles. The van der Waals surface area contributed by atoms with Gasteiger partial charge in [-0.2, -0.15) is 0 Å². The Bertz CT molecular complexity index is 382. The van der Waals surface area contributed by atoms with Gasteiger partial charge in [0.15, 0.2) is 0 Å². The summed E-state index contributed by atoms with van der Waals surface area (Å²) < 4.78 is 0. The minimum Gasteiger partial charge on any atom is -0.481 e. The molecule has 0 radical (unpaired) electrons. The third-order valence-corrected chi connectivity index (χ3v) is 5.28. The zero-order valence-corrected chi connectivity index (χ0v) is 11.2. The van der Waals surface area contributed by atoms with Crippen molar-refractivity contribution in [1.29, 1.82) is 0 Å². The van der Waals surface area contributed by atoms with E-state index < -0.39 is 17.4 Å². The van der Waals surface area contributed by atoms with Crippen LogP contribution in [0.5, 0.6) is 0 Å². The van der Waals surface area contributed by atoms with Crippen molar-refractivity contribution in [3.05, 3.63) is 0 Å². The maximum absolute atomic E-state index is 12.3. The Hall–Kier alpha value is -1.10. The molecular formula is C14H22N2O3. The van der Waals surface area contributed by atoms with Gasteiger partial charge in [-0.25, -0.2) is 0 Å². The predicted octanol–water partition coefficient (Wildman–Crippen LogP) is 0.888. The summed E-state index contributed by atoms with van der Waals surface area (Å²) in [6, 6.07) is -0.122. The number of carboxylic acids is 1. The molecule has 1 aliphatic heterocycles. The first-order valence-corrected chi connectivity index (χ1v) is 7.39. The molecule has 1 amide bonds. The number of rotatable bonds is 3. The Morgan fingerprint density at radius 3 is 2.53 bits per heavy atom. The van der Waals surface area contributed by atoms with Crippen molar-refractivity contribution in [3.63, 3.8) is 0 Å². The summed E-state index contributed by atoms with van der Waals surface area (Å²) in [4.78, 5) is 23.8. The number of hydrogen-bond donors (Lipinski definition) is 3. The van der Waals surface area contributed by atoms with Gasteiger partial charge in [0.2, 0.25) is 5.91 Å². The topological polar surface area (TPSA) is 78.4 Å². The van der Waals surface area contributed by atoms with Crippen LogP contribution in [0.4, 0.5) is 0 Å². The van der Waals surface area contributed by atoms with Gasteiger partial charge in [-0.15, -0.1) is 0 Å². The lowest BCUT2D eigenvalue weighted by Gasteiger charge is -2.51. The van der Waals surface area contributed by atoms with Crippen molar-refractivity contribution in [1.82, 2.24) is 10.6 Å². The van der Waals surface area contributed by atoms with Crippen LogP contribution >= 0.6 is 0 Å². The van der Waals surface area contributed by atoms with Gasteiger partial charge in [-0.05, 0) is 57.4 Å². The van der Waals surface area contributed by atoms with Crippen LogP contribution in [0.2, 0.25) is 0 Å². The highest BCUT2D eigenvalue weighted by Gasteiger charge is 2.52. The molecule has 4 fully saturated rings. The molecule has 0 spiro atoms. The van der Waals surface area contributed by atoms with Crippen LogP contribution in [0.1, 0.15) is 44.9 Å². The number of fused-ring (bicyclic) bond motifs is 3. The number of amides is 1. The third-order valence-electron chi connectivity index (χ3n) is 5.28. The lowest BCUT2D eigenvalue weighted by atomic mass is 9.59. The minimum atomic E-state index is -0.746. The molecule has 5 heteroatoms. The van der Waals surface area contributed by atoms with E-state index in [1.54, 1.807) is 0 Å². The van der Waals surface area contributed by atoms with Crippen LogP contribution in [0.3, 0.4) is 0 Å². The standard InChI is InChI=1S/C14H22N2O3/c17-12(11-2-1-7-15-11)16-14-5-3-9(4-6-14)8-10(14)13(18)19/h9-11,15H,1-8H2,(H,16,17)(H,18,19)/t9?,10-,11+,14?/m1/s1. The van der Waals surface area contributed by atoms with Crippen LogP contribution in [0.15, 0.2) is 0 Å². The summed E-state index contributed by atoms with van der Waals surface area (Å²) in [6.45, 7) is 0.884. The van der Waals surface area contributed by atoms with Crippen LogP contribution < -0.4 is 10.6 Å². The second kappa shape index (κ2) is 4.78. The van der Waals surface area contributed by atoms with Crippen molar-refractivity contribution < 1.29 is 14.7 Å². The lowest BCUT2D eigenvalue weighted by Crippen LogP contribution is -2.63. The summed E-state index contributed by atoms with van der Waals surface area (Å²) in [7, 11) is 0. The Morgan fingerprint density at radius 1 is 1.21 bits per heavy atom. The maximum atomic E-state index is 12.3. The van der Waals surface area contributed by atoms with Gasteiger partial charge >= 0.3 is 5.97 Å². The predicted molar refractivity (Wildman–Crippen MR) is 69.6 cm³/mol. The number of hydrogen-bond acceptors (Lipinski definition) is 3. The third kappa shape index (κ3) is 2.24. The van der Waals surface area contributed by atoms with E-state index in [0.29, 0.717) is 5.92 Å². The fourth-order valence-electron chi connectivity index (χ4n) is 4.13.